The molecular weight excluding hydrogens is 470 g/mol. The second kappa shape index (κ2) is 8.24. The van der Waals surface area contributed by atoms with Crippen LogP contribution in [-0.2, 0) is 9.59 Å². The average molecular weight is 492 g/mol. The van der Waals surface area contributed by atoms with Gasteiger partial charge in [-0.15, -0.1) is 0 Å². The van der Waals surface area contributed by atoms with Gasteiger partial charge in [-0.25, -0.2) is 9.69 Å². The van der Waals surface area contributed by atoms with Crippen molar-refractivity contribution in [2.24, 2.45) is 0 Å². The number of amides is 4. The Morgan fingerprint density at radius 3 is 2.09 bits per heavy atom. The van der Waals surface area contributed by atoms with Crippen molar-refractivity contribution in [1.29, 1.82) is 0 Å². The van der Waals surface area contributed by atoms with E-state index in [9.17, 15) is 14.4 Å². The molecule has 1 aromatic heterocycles. The average Bonchev–Trinajstić information content (AvgIpc) is 2.93. The molecule has 2 aromatic carbocycles. The summed E-state index contributed by atoms with van der Waals surface area (Å²) in [5, 5.41) is 2.30. The molecule has 1 saturated heterocycles. The van der Waals surface area contributed by atoms with Gasteiger partial charge in [0.05, 0.1) is 5.69 Å². The lowest BCUT2D eigenvalue weighted by Gasteiger charge is -2.27. The molecule has 32 heavy (non-hydrogen) atoms. The highest BCUT2D eigenvalue weighted by molar-refractivity contribution is 9.10. The minimum absolute atomic E-state index is 0.0993. The molecule has 0 aliphatic carbocycles. The Balaban J connectivity index is 1.83. The molecule has 4 amide bonds. The third-order valence-corrected chi connectivity index (χ3v) is 6.49. The van der Waals surface area contributed by atoms with Gasteiger partial charge >= 0.3 is 6.03 Å². The SMILES string of the molecule is Cc1cc(C)cc(N2C(=O)NC(=O)/C(=C\c3c(Br)c(C)n(-c4ccccc4)c3C)C2=O)c1. The lowest BCUT2D eigenvalue weighted by molar-refractivity contribution is -0.122. The van der Waals surface area contributed by atoms with Gasteiger partial charge in [-0.3, -0.25) is 14.9 Å². The second-order valence-corrected chi connectivity index (χ2v) is 8.67. The standard InChI is InChI=1S/C25H22BrN3O3/c1-14-10-15(2)12-19(11-14)29-24(31)21(23(30)27-25(29)32)13-20-16(3)28(17(4)22(20)26)18-8-6-5-7-9-18/h5-13H,1-4H3,(H,27,30,32)/b21-13+. The lowest BCUT2D eigenvalue weighted by atomic mass is 10.1. The van der Waals surface area contributed by atoms with Crippen molar-refractivity contribution in [3.63, 3.8) is 0 Å². The first kappa shape index (κ1) is 21.8. The van der Waals surface area contributed by atoms with E-state index >= 15 is 0 Å². The molecule has 2 heterocycles. The molecule has 1 aliphatic rings. The molecule has 0 atom stereocenters. The molecular formula is C25H22BrN3O3. The summed E-state index contributed by atoms with van der Waals surface area (Å²) < 4.78 is 2.83. The molecule has 0 bridgehead atoms. The van der Waals surface area contributed by atoms with Crippen molar-refractivity contribution >= 4 is 45.5 Å². The van der Waals surface area contributed by atoms with Crippen LogP contribution >= 0.6 is 15.9 Å². The predicted octanol–water partition coefficient (Wildman–Crippen LogP) is 5.14. The number of benzene rings is 2. The maximum atomic E-state index is 13.3. The second-order valence-electron chi connectivity index (χ2n) is 7.87. The monoisotopic (exact) mass is 491 g/mol. The highest BCUT2D eigenvalue weighted by atomic mass is 79.9. The van der Waals surface area contributed by atoms with Crippen molar-refractivity contribution < 1.29 is 14.4 Å². The van der Waals surface area contributed by atoms with Gasteiger partial charge in [-0.05, 0) is 85.1 Å². The number of aromatic nitrogens is 1. The van der Waals surface area contributed by atoms with E-state index in [2.05, 4.69) is 25.8 Å². The van der Waals surface area contributed by atoms with Crippen molar-refractivity contribution in [3.05, 3.63) is 86.7 Å². The van der Waals surface area contributed by atoms with Crippen molar-refractivity contribution in [3.8, 4) is 5.69 Å². The number of para-hydroxylation sites is 1. The highest BCUT2D eigenvalue weighted by Crippen LogP contribution is 2.33. The van der Waals surface area contributed by atoms with E-state index in [0.29, 0.717) is 11.3 Å². The number of urea groups is 1. The number of halogens is 1. The number of hydrogen-bond acceptors (Lipinski definition) is 3. The molecule has 162 valence electrons. The third-order valence-electron chi connectivity index (χ3n) is 5.48. The highest BCUT2D eigenvalue weighted by Gasteiger charge is 2.37. The van der Waals surface area contributed by atoms with Crippen LogP contribution in [0.3, 0.4) is 0 Å². The van der Waals surface area contributed by atoms with E-state index in [1.807, 2.05) is 64.1 Å². The van der Waals surface area contributed by atoms with Crippen LogP contribution in [0.5, 0.6) is 0 Å². The lowest BCUT2D eigenvalue weighted by Crippen LogP contribution is -2.54. The van der Waals surface area contributed by atoms with Gasteiger partial charge < -0.3 is 4.57 Å². The normalized spacial score (nSPS) is 15.5. The van der Waals surface area contributed by atoms with E-state index in [4.69, 9.17) is 0 Å². The van der Waals surface area contributed by atoms with Gasteiger partial charge in [0.2, 0.25) is 0 Å². The summed E-state index contributed by atoms with van der Waals surface area (Å²) in [6.07, 6.45) is 1.55. The van der Waals surface area contributed by atoms with E-state index < -0.39 is 17.8 Å². The van der Waals surface area contributed by atoms with Crippen LogP contribution < -0.4 is 10.2 Å². The quantitative estimate of drug-likeness (QED) is 0.407. The van der Waals surface area contributed by atoms with E-state index in [-0.39, 0.29) is 5.57 Å². The van der Waals surface area contributed by atoms with Gasteiger partial charge in [0.15, 0.2) is 0 Å². The summed E-state index contributed by atoms with van der Waals surface area (Å²) >= 11 is 3.62. The fourth-order valence-corrected chi connectivity index (χ4v) is 4.65. The fraction of sp³-hybridized carbons (Fsp3) is 0.160. The minimum Gasteiger partial charge on any atom is -0.317 e. The first-order chi connectivity index (χ1) is 15.2. The van der Waals surface area contributed by atoms with Crippen molar-refractivity contribution in [2.75, 3.05) is 4.90 Å². The number of rotatable bonds is 3. The molecule has 0 unspecified atom stereocenters. The summed E-state index contributed by atoms with van der Waals surface area (Å²) in [5.74, 6) is -1.36. The van der Waals surface area contributed by atoms with Crippen LogP contribution in [0.15, 0.2) is 58.6 Å². The Morgan fingerprint density at radius 1 is 0.844 bits per heavy atom. The summed E-state index contributed by atoms with van der Waals surface area (Å²) in [5.41, 5.74) is 5.64. The Kier molecular flexibility index (Phi) is 5.60. The number of imide groups is 2. The number of nitrogens with one attached hydrogen (secondary N) is 1. The van der Waals surface area contributed by atoms with Gasteiger partial charge in [-0.1, -0.05) is 24.3 Å². The Morgan fingerprint density at radius 2 is 1.47 bits per heavy atom. The molecule has 6 nitrogen and oxygen atoms in total. The summed E-state index contributed by atoms with van der Waals surface area (Å²) in [6, 6.07) is 14.5. The van der Waals surface area contributed by atoms with E-state index in [0.717, 1.165) is 37.6 Å². The molecule has 7 heteroatoms. The molecule has 0 saturated carbocycles. The minimum atomic E-state index is -0.754. The van der Waals surface area contributed by atoms with Crippen molar-refractivity contribution in [1.82, 2.24) is 9.88 Å². The molecule has 4 rings (SSSR count). The van der Waals surface area contributed by atoms with Crippen molar-refractivity contribution in [2.45, 2.75) is 27.7 Å². The zero-order chi connectivity index (χ0) is 23.2. The van der Waals surface area contributed by atoms with Crippen LogP contribution in [0.4, 0.5) is 10.5 Å². The zero-order valence-electron chi connectivity index (χ0n) is 18.2. The van der Waals surface area contributed by atoms with Gasteiger partial charge in [0, 0.05) is 27.1 Å². The summed E-state index contributed by atoms with van der Waals surface area (Å²) in [6.45, 7) is 7.66. The Bertz CT molecular complexity index is 1290. The van der Waals surface area contributed by atoms with Crippen LogP contribution in [0.2, 0.25) is 0 Å². The Hall–Kier alpha value is -3.45. The van der Waals surface area contributed by atoms with Crippen LogP contribution in [0.1, 0.15) is 28.1 Å². The van der Waals surface area contributed by atoms with Crippen LogP contribution in [0, 0.1) is 27.7 Å². The molecule has 1 aliphatic heterocycles. The van der Waals surface area contributed by atoms with Gasteiger partial charge in [-0.2, -0.15) is 0 Å². The number of carbonyl (C=O) groups excluding carboxylic acids is 3. The van der Waals surface area contributed by atoms with Crippen LogP contribution in [-0.4, -0.2) is 22.4 Å². The largest absolute Gasteiger partial charge is 0.335 e. The number of anilines is 1. The zero-order valence-corrected chi connectivity index (χ0v) is 19.8. The molecule has 1 N–H and O–H groups in total. The van der Waals surface area contributed by atoms with E-state index in [1.54, 1.807) is 18.2 Å². The molecule has 1 fully saturated rings. The maximum absolute atomic E-state index is 13.3. The summed E-state index contributed by atoms with van der Waals surface area (Å²) in [7, 11) is 0. The first-order valence-corrected chi connectivity index (χ1v) is 10.9. The number of aryl methyl sites for hydroxylation is 2. The molecule has 0 radical (unpaired) electrons. The first-order valence-electron chi connectivity index (χ1n) is 10.1. The molecule has 3 aromatic rings. The Labute approximate surface area is 194 Å². The number of barbiturate groups is 1. The number of hydrogen-bond donors (Lipinski definition) is 1. The number of nitrogens with zero attached hydrogens (tertiary/aromatic N) is 2. The van der Waals surface area contributed by atoms with Gasteiger partial charge in [0.1, 0.15) is 5.57 Å². The number of carbonyl (C=O) groups is 3. The topological polar surface area (TPSA) is 71.4 Å². The maximum Gasteiger partial charge on any atom is 0.335 e. The smallest absolute Gasteiger partial charge is 0.317 e. The predicted molar refractivity (Wildman–Crippen MR) is 128 cm³/mol. The molecule has 0 spiro atoms. The van der Waals surface area contributed by atoms with Crippen LogP contribution in [0.25, 0.3) is 11.8 Å². The third kappa shape index (κ3) is 3.69. The van der Waals surface area contributed by atoms with E-state index in [1.165, 1.54) is 0 Å². The summed E-state index contributed by atoms with van der Waals surface area (Å²) in [4.78, 5) is 39.5. The van der Waals surface area contributed by atoms with Gasteiger partial charge in [0.25, 0.3) is 11.8 Å². The fourth-order valence-electron chi connectivity index (χ4n) is 4.07.